The van der Waals surface area contributed by atoms with Crippen molar-refractivity contribution in [3.05, 3.63) is 22.1 Å². The molecule has 19 heavy (non-hydrogen) atoms. The highest BCUT2D eigenvalue weighted by Gasteiger charge is 2.19. The van der Waals surface area contributed by atoms with Crippen LogP contribution in [0.4, 0.5) is 5.82 Å². The molecule has 0 aliphatic rings. The molecule has 0 aromatic carbocycles. The van der Waals surface area contributed by atoms with Crippen LogP contribution in [0, 0.1) is 6.92 Å². The molecule has 0 atom stereocenters. The fraction of sp³-hybridized carbons (Fsp3) is 0.500. The molecule has 0 aliphatic heterocycles. The Morgan fingerprint density at radius 3 is 2.47 bits per heavy atom. The van der Waals surface area contributed by atoms with Crippen molar-refractivity contribution in [2.45, 2.75) is 40.0 Å². The van der Waals surface area contributed by atoms with E-state index in [2.05, 4.69) is 48.0 Å². The minimum Gasteiger partial charge on any atom is -0.370 e. The molecule has 102 valence electrons. The molecular formula is C14H20N4S. The van der Waals surface area contributed by atoms with E-state index in [0.717, 1.165) is 28.8 Å². The van der Waals surface area contributed by atoms with Crippen LogP contribution in [0.3, 0.4) is 0 Å². The van der Waals surface area contributed by atoms with E-state index in [4.69, 9.17) is 0 Å². The summed E-state index contributed by atoms with van der Waals surface area (Å²) in [4.78, 5) is 13.7. The predicted molar refractivity (Wildman–Crippen MR) is 80.7 cm³/mol. The summed E-state index contributed by atoms with van der Waals surface area (Å²) in [5.74, 6) is 1.57. The Hall–Kier alpha value is -1.49. The van der Waals surface area contributed by atoms with E-state index >= 15 is 0 Å². The van der Waals surface area contributed by atoms with E-state index in [-0.39, 0.29) is 5.41 Å². The first kappa shape index (κ1) is 13.9. The normalized spacial score (nSPS) is 11.6. The van der Waals surface area contributed by atoms with Crippen molar-refractivity contribution < 1.29 is 0 Å². The lowest BCUT2D eigenvalue weighted by Gasteiger charge is -2.19. The predicted octanol–water partition coefficient (Wildman–Crippen LogP) is 3.64. The van der Waals surface area contributed by atoms with E-state index < -0.39 is 0 Å². The summed E-state index contributed by atoms with van der Waals surface area (Å²) in [6.07, 6.45) is 0. The summed E-state index contributed by atoms with van der Waals surface area (Å²) in [5, 5.41) is 6.30. The smallest absolute Gasteiger partial charge is 0.181 e. The Morgan fingerprint density at radius 1 is 1.21 bits per heavy atom. The molecule has 0 aliphatic carbocycles. The average molecular weight is 276 g/mol. The van der Waals surface area contributed by atoms with Crippen molar-refractivity contribution in [2.75, 3.05) is 11.9 Å². The first-order valence-corrected chi connectivity index (χ1v) is 7.34. The Bertz CT molecular complexity index is 569. The molecule has 0 radical (unpaired) electrons. The van der Waals surface area contributed by atoms with Crippen LogP contribution in [-0.2, 0) is 5.41 Å². The van der Waals surface area contributed by atoms with Gasteiger partial charge >= 0.3 is 0 Å². The van der Waals surface area contributed by atoms with Gasteiger partial charge in [-0.2, -0.15) is 0 Å². The van der Waals surface area contributed by atoms with Crippen LogP contribution >= 0.6 is 11.3 Å². The number of aromatic nitrogens is 3. The topological polar surface area (TPSA) is 50.7 Å². The summed E-state index contributed by atoms with van der Waals surface area (Å²) in [5.41, 5.74) is 1.87. The van der Waals surface area contributed by atoms with Crippen molar-refractivity contribution >= 4 is 17.2 Å². The van der Waals surface area contributed by atoms with Crippen molar-refractivity contribution in [3.63, 3.8) is 0 Å². The lowest BCUT2D eigenvalue weighted by Crippen LogP contribution is -2.16. The fourth-order valence-corrected chi connectivity index (χ4v) is 2.28. The van der Waals surface area contributed by atoms with Gasteiger partial charge in [-0.15, -0.1) is 11.3 Å². The van der Waals surface area contributed by atoms with E-state index in [1.165, 1.54) is 0 Å². The second kappa shape index (κ2) is 5.25. The second-order valence-corrected chi connectivity index (χ2v) is 6.56. The van der Waals surface area contributed by atoms with Crippen LogP contribution in [0.2, 0.25) is 0 Å². The molecule has 0 bridgehead atoms. The van der Waals surface area contributed by atoms with Crippen molar-refractivity contribution in [3.8, 4) is 11.5 Å². The number of nitrogens with one attached hydrogen (secondary N) is 1. The second-order valence-electron chi connectivity index (χ2n) is 5.49. The van der Waals surface area contributed by atoms with Crippen molar-refractivity contribution in [2.24, 2.45) is 0 Å². The molecule has 0 saturated carbocycles. The molecule has 1 N–H and O–H groups in total. The van der Waals surface area contributed by atoms with Crippen molar-refractivity contribution in [1.29, 1.82) is 0 Å². The molecular weight excluding hydrogens is 256 g/mol. The Morgan fingerprint density at radius 2 is 1.95 bits per heavy atom. The van der Waals surface area contributed by atoms with E-state index in [9.17, 15) is 0 Å². The van der Waals surface area contributed by atoms with Crippen LogP contribution in [0.5, 0.6) is 0 Å². The molecule has 0 saturated heterocycles. The Kier molecular flexibility index (Phi) is 3.85. The highest BCUT2D eigenvalue weighted by Crippen LogP contribution is 2.26. The number of hydrogen-bond donors (Lipinski definition) is 1. The lowest BCUT2D eigenvalue weighted by molar-refractivity contribution is 0.568. The number of aryl methyl sites for hydroxylation is 1. The summed E-state index contributed by atoms with van der Waals surface area (Å²) in [7, 11) is 0. The third-order valence-electron chi connectivity index (χ3n) is 2.70. The number of rotatable bonds is 3. The summed E-state index contributed by atoms with van der Waals surface area (Å²) < 4.78 is 0. The highest BCUT2D eigenvalue weighted by atomic mass is 32.1. The highest BCUT2D eigenvalue weighted by molar-refractivity contribution is 7.09. The average Bonchev–Trinajstić information content (AvgIpc) is 2.75. The van der Waals surface area contributed by atoms with Gasteiger partial charge in [-0.05, 0) is 13.8 Å². The van der Waals surface area contributed by atoms with Gasteiger partial charge in [-0.3, -0.25) is 0 Å². The maximum Gasteiger partial charge on any atom is 0.181 e. The monoisotopic (exact) mass is 276 g/mol. The van der Waals surface area contributed by atoms with Crippen LogP contribution < -0.4 is 5.32 Å². The quantitative estimate of drug-likeness (QED) is 0.930. The maximum atomic E-state index is 4.66. The van der Waals surface area contributed by atoms with Crippen LogP contribution in [0.1, 0.15) is 38.4 Å². The van der Waals surface area contributed by atoms with Gasteiger partial charge in [0, 0.05) is 23.4 Å². The van der Waals surface area contributed by atoms with E-state index in [1.807, 2.05) is 18.4 Å². The maximum absolute atomic E-state index is 4.66. The fourth-order valence-electron chi connectivity index (χ4n) is 1.68. The minimum absolute atomic E-state index is 0.00702. The molecule has 2 rings (SSSR count). The molecule has 5 heteroatoms. The molecule has 0 amide bonds. The van der Waals surface area contributed by atoms with Gasteiger partial charge < -0.3 is 5.32 Å². The van der Waals surface area contributed by atoms with Gasteiger partial charge in [0.2, 0.25) is 0 Å². The molecule has 0 spiro atoms. The summed E-state index contributed by atoms with van der Waals surface area (Å²) in [6, 6.07) is 2.02. The lowest BCUT2D eigenvalue weighted by atomic mass is 9.92. The molecule has 0 fully saturated rings. The summed E-state index contributed by atoms with van der Waals surface area (Å²) in [6.45, 7) is 11.4. The van der Waals surface area contributed by atoms with Gasteiger partial charge in [0.15, 0.2) is 5.82 Å². The number of nitrogens with zero attached hydrogens (tertiary/aromatic N) is 3. The largest absolute Gasteiger partial charge is 0.370 e. The van der Waals surface area contributed by atoms with E-state index in [1.54, 1.807) is 11.3 Å². The van der Waals surface area contributed by atoms with Crippen molar-refractivity contribution in [1.82, 2.24) is 15.0 Å². The van der Waals surface area contributed by atoms with Gasteiger partial charge in [0.25, 0.3) is 0 Å². The third kappa shape index (κ3) is 3.29. The van der Waals surface area contributed by atoms with Gasteiger partial charge in [0.1, 0.15) is 11.5 Å². The van der Waals surface area contributed by atoms with Crippen LogP contribution in [-0.4, -0.2) is 21.5 Å². The van der Waals surface area contributed by atoms with Gasteiger partial charge in [-0.25, -0.2) is 15.0 Å². The van der Waals surface area contributed by atoms with Crippen LogP contribution in [0.15, 0.2) is 11.4 Å². The molecule has 2 heterocycles. The molecule has 0 unspecified atom stereocenters. The standard InChI is InChI=1S/C14H20N4S/c1-6-15-12-7-11(14(3,4)5)17-13(18-12)10-8-19-9(2)16-10/h7-8H,6H2,1-5H3,(H,15,17,18). The minimum atomic E-state index is -0.00702. The Labute approximate surface area is 118 Å². The molecule has 2 aromatic heterocycles. The zero-order valence-corrected chi connectivity index (χ0v) is 12.9. The molecule has 4 nitrogen and oxygen atoms in total. The van der Waals surface area contributed by atoms with Gasteiger partial charge in [0.05, 0.1) is 10.7 Å². The van der Waals surface area contributed by atoms with Crippen LogP contribution in [0.25, 0.3) is 11.5 Å². The zero-order chi connectivity index (χ0) is 14.0. The third-order valence-corrected chi connectivity index (χ3v) is 3.47. The number of thiazole rings is 1. The number of anilines is 1. The summed E-state index contributed by atoms with van der Waals surface area (Å²) >= 11 is 1.62. The Balaban J connectivity index is 2.51. The SMILES string of the molecule is CCNc1cc(C(C)(C)C)nc(-c2csc(C)n2)n1. The molecule has 2 aromatic rings. The first-order valence-electron chi connectivity index (χ1n) is 6.46. The zero-order valence-electron chi connectivity index (χ0n) is 12.1. The first-order chi connectivity index (χ1) is 8.90. The van der Waals surface area contributed by atoms with Gasteiger partial charge in [-0.1, -0.05) is 20.8 Å². The van der Waals surface area contributed by atoms with E-state index in [0.29, 0.717) is 5.82 Å². The number of hydrogen-bond acceptors (Lipinski definition) is 5.